The van der Waals surface area contributed by atoms with Gasteiger partial charge in [-0.05, 0) is 24.0 Å². The Hall–Kier alpha value is -1.84. The molecule has 25 heavy (non-hydrogen) atoms. The Kier molecular flexibility index (Phi) is 9.25. The van der Waals surface area contributed by atoms with Gasteiger partial charge in [0.15, 0.2) is 0 Å². The summed E-state index contributed by atoms with van der Waals surface area (Å²) in [5.74, 6) is -0.233. The molecule has 4 heteroatoms. The Bertz CT molecular complexity index is 618. The van der Waals surface area contributed by atoms with Crippen LogP contribution in [0.25, 0.3) is 0 Å². The van der Waals surface area contributed by atoms with Gasteiger partial charge in [0.25, 0.3) is 0 Å². The molecule has 0 aliphatic carbocycles. The van der Waals surface area contributed by atoms with Crippen LogP contribution in [-0.4, -0.2) is 11.9 Å². The predicted octanol–water partition coefficient (Wildman–Crippen LogP) is 4.27. The summed E-state index contributed by atoms with van der Waals surface area (Å²) in [7, 11) is 0. The Morgan fingerprint density at radius 2 is 1.60 bits per heavy atom. The van der Waals surface area contributed by atoms with Gasteiger partial charge in [0.05, 0.1) is 5.92 Å². The number of hydrogen-bond donors (Lipinski definition) is 2. The first kappa shape index (κ1) is 21.2. The Labute approximate surface area is 157 Å². The lowest BCUT2D eigenvalue weighted by atomic mass is 9.93. The van der Waals surface area contributed by atoms with Gasteiger partial charge in [0, 0.05) is 12.1 Å². The third kappa shape index (κ3) is 6.52. The summed E-state index contributed by atoms with van der Waals surface area (Å²) in [6.07, 6.45) is 2.86. The third-order valence-electron chi connectivity index (χ3n) is 4.45. The molecule has 2 aromatic rings. The molecule has 1 amide bonds. The zero-order valence-electron chi connectivity index (χ0n) is 15.0. The minimum Gasteiger partial charge on any atom is -0.353 e. The van der Waals surface area contributed by atoms with Crippen LogP contribution < -0.4 is 11.1 Å². The number of benzene rings is 2. The average molecular weight is 361 g/mol. The molecule has 0 saturated carbocycles. The number of nitrogens with one attached hydrogen (secondary N) is 1. The van der Waals surface area contributed by atoms with Crippen LogP contribution in [0, 0.1) is 5.92 Å². The SMILES string of the molecule is CCCC(Cc1ccccc1)NC(=O)C(C)C(N)c1ccccc1.Cl. The van der Waals surface area contributed by atoms with Crippen LogP contribution in [0.15, 0.2) is 60.7 Å². The number of amides is 1. The number of hydrogen-bond acceptors (Lipinski definition) is 2. The van der Waals surface area contributed by atoms with E-state index in [2.05, 4.69) is 24.4 Å². The van der Waals surface area contributed by atoms with Gasteiger partial charge in [-0.15, -0.1) is 12.4 Å². The van der Waals surface area contributed by atoms with Gasteiger partial charge < -0.3 is 11.1 Å². The molecule has 3 N–H and O–H groups in total. The van der Waals surface area contributed by atoms with Crippen LogP contribution in [0.3, 0.4) is 0 Å². The van der Waals surface area contributed by atoms with Gasteiger partial charge in [-0.1, -0.05) is 80.9 Å². The quantitative estimate of drug-likeness (QED) is 0.738. The number of carbonyl (C=O) groups is 1. The topological polar surface area (TPSA) is 55.1 Å². The van der Waals surface area contributed by atoms with E-state index in [1.807, 2.05) is 55.5 Å². The van der Waals surface area contributed by atoms with Crippen molar-refractivity contribution in [3.05, 3.63) is 71.8 Å². The molecule has 0 heterocycles. The van der Waals surface area contributed by atoms with Crippen molar-refractivity contribution < 1.29 is 4.79 Å². The van der Waals surface area contributed by atoms with E-state index in [1.165, 1.54) is 5.56 Å². The molecule has 3 atom stereocenters. The lowest BCUT2D eigenvalue weighted by molar-refractivity contribution is -0.125. The number of halogens is 1. The molecule has 0 saturated heterocycles. The third-order valence-corrected chi connectivity index (χ3v) is 4.45. The van der Waals surface area contributed by atoms with Crippen LogP contribution in [0.5, 0.6) is 0 Å². The Balaban J connectivity index is 0.00000312. The largest absolute Gasteiger partial charge is 0.353 e. The highest BCUT2D eigenvalue weighted by molar-refractivity contribution is 5.85. The maximum atomic E-state index is 12.6. The number of carbonyl (C=O) groups excluding carboxylic acids is 1. The summed E-state index contributed by atoms with van der Waals surface area (Å²) in [6.45, 7) is 4.04. The van der Waals surface area contributed by atoms with E-state index in [1.54, 1.807) is 0 Å². The lowest BCUT2D eigenvalue weighted by Crippen LogP contribution is -2.42. The first-order valence-corrected chi connectivity index (χ1v) is 8.76. The summed E-state index contributed by atoms with van der Waals surface area (Å²) in [6, 6.07) is 20.0. The van der Waals surface area contributed by atoms with Crippen molar-refractivity contribution in [3.63, 3.8) is 0 Å². The molecule has 2 rings (SSSR count). The number of nitrogens with two attached hydrogens (primary N) is 1. The molecule has 3 nitrogen and oxygen atoms in total. The second-order valence-electron chi connectivity index (χ2n) is 6.41. The summed E-state index contributed by atoms with van der Waals surface area (Å²) in [4.78, 5) is 12.6. The van der Waals surface area contributed by atoms with Crippen LogP contribution >= 0.6 is 12.4 Å². The van der Waals surface area contributed by atoms with Crippen LogP contribution in [0.2, 0.25) is 0 Å². The fourth-order valence-electron chi connectivity index (χ4n) is 2.93. The maximum Gasteiger partial charge on any atom is 0.224 e. The summed E-state index contributed by atoms with van der Waals surface area (Å²) in [5, 5.41) is 3.20. The zero-order valence-corrected chi connectivity index (χ0v) is 15.8. The first-order valence-electron chi connectivity index (χ1n) is 8.76. The molecule has 2 aromatic carbocycles. The van der Waals surface area contributed by atoms with E-state index >= 15 is 0 Å². The highest BCUT2D eigenvalue weighted by Gasteiger charge is 2.24. The van der Waals surface area contributed by atoms with E-state index in [9.17, 15) is 4.79 Å². The standard InChI is InChI=1S/C21H28N2O.ClH/c1-3-10-19(15-17-11-6-4-7-12-17)23-21(24)16(2)20(22)18-13-8-5-9-14-18;/h4-9,11-14,16,19-20H,3,10,15,22H2,1-2H3,(H,23,24);1H. The van der Waals surface area contributed by atoms with E-state index in [0.717, 1.165) is 24.8 Å². The van der Waals surface area contributed by atoms with Gasteiger partial charge in [-0.25, -0.2) is 0 Å². The second kappa shape index (κ2) is 10.9. The monoisotopic (exact) mass is 360 g/mol. The van der Waals surface area contributed by atoms with Crippen molar-refractivity contribution in [2.24, 2.45) is 11.7 Å². The van der Waals surface area contributed by atoms with E-state index in [-0.39, 0.29) is 36.3 Å². The molecule has 0 bridgehead atoms. The molecule has 0 fully saturated rings. The molecule has 0 aliphatic rings. The van der Waals surface area contributed by atoms with Gasteiger partial charge in [0.1, 0.15) is 0 Å². The highest BCUT2D eigenvalue weighted by atomic mass is 35.5. The zero-order chi connectivity index (χ0) is 17.4. The van der Waals surface area contributed by atoms with Crippen LogP contribution in [0.4, 0.5) is 0 Å². The van der Waals surface area contributed by atoms with Crippen molar-refractivity contribution in [2.45, 2.75) is 45.2 Å². The molecule has 0 spiro atoms. The maximum absolute atomic E-state index is 12.6. The van der Waals surface area contributed by atoms with Crippen LogP contribution in [-0.2, 0) is 11.2 Å². The molecule has 136 valence electrons. The molecular weight excluding hydrogens is 332 g/mol. The van der Waals surface area contributed by atoms with E-state index < -0.39 is 0 Å². The fourth-order valence-corrected chi connectivity index (χ4v) is 2.93. The summed E-state index contributed by atoms with van der Waals surface area (Å²) in [5.41, 5.74) is 8.52. The summed E-state index contributed by atoms with van der Waals surface area (Å²) >= 11 is 0. The molecule has 0 radical (unpaired) electrons. The number of rotatable bonds is 8. The molecule has 0 aliphatic heterocycles. The lowest BCUT2D eigenvalue weighted by Gasteiger charge is -2.24. The van der Waals surface area contributed by atoms with Crippen LogP contribution in [0.1, 0.15) is 43.9 Å². The Morgan fingerprint density at radius 1 is 1.04 bits per heavy atom. The highest BCUT2D eigenvalue weighted by Crippen LogP contribution is 2.19. The van der Waals surface area contributed by atoms with Crippen molar-refractivity contribution in [1.82, 2.24) is 5.32 Å². The van der Waals surface area contributed by atoms with Crippen molar-refractivity contribution in [2.75, 3.05) is 0 Å². The molecular formula is C21H29ClN2O. The van der Waals surface area contributed by atoms with E-state index in [4.69, 9.17) is 5.73 Å². The van der Waals surface area contributed by atoms with Crippen molar-refractivity contribution in [3.8, 4) is 0 Å². The van der Waals surface area contributed by atoms with Gasteiger partial charge in [0.2, 0.25) is 5.91 Å². The van der Waals surface area contributed by atoms with Gasteiger partial charge in [-0.2, -0.15) is 0 Å². The first-order chi connectivity index (χ1) is 11.6. The smallest absolute Gasteiger partial charge is 0.224 e. The fraction of sp³-hybridized carbons (Fsp3) is 0.381. The van der Waals surface area contributed by atoms with E-state index in [0.29, 0.717) is 0 Å². The summed E-state index contributed by atoms with van der Waals surface area (Å²) < 4.78 is 0. The van der Waals surface area contributed by atoms with Gasteiger partial charge >= 0.3 is 0 Å². The van der Waals surface area contributed by atoms with Gasteiger partial charge in [-0.3, -0.25) is 4.79 Å². The minimum atomic E-state index is -0.287. The Morgan fingerprint density at radius 3 is 2.16 bits per heavy atom. The predicted molar refractivity (Wildman–Crippen MR) is 107 cm³/mol. The second-order valence-corrected chi connectivity index (χ2v) is 6.41. The van der Waals surface area contributed by atoms with Crippen molar-refractivity contribution in [1.29, 1.82) is 0 Å². The average Bonchev–Trinajstić information content (AvgIpc) is 2.62. The minimum absolute atomic E-state index is 0. The molecule has 0 aromatic heterocycles. The molecule has 3 unspecified atom stereocenters. The van der Waals surface area contributed by atoms with Crippen molar-refractivity contribution >= 4 is 18.3 Å². The normalized spacial score (nSPS) is 14.0.